The van der Waals surface area contributed by atoms with Crippen LogP contribution in [0.5, 0.6) is 0 Å². The molecule has 2 radical (unpaired) electrons. The van der Waals surface area contributed by atoms with Gasteiger partial charge in [0.25, 0.3) is 0 Å². The highest BCUT2D eigenvalue weighted by Crippen LogP contribution is 2.05. The molecule has 0 atom stereocenters. The Morgan fingerprint density at radius 2 is 1.82 bits per heavy atom. The number of halogens is 1. The summed E-state index contributed by atoms with van der Waals surface area (Å²) >= 11 is 0. The second kappa shape index (κ2) is 4.17. The number of rotatable bonds is 3. The molecule has 0 bridgehead atoms. The molecule has 0 saturated heterocycles. The van der Waals surface area contributed by atoms with E-state index >= 15 is 0 Å². The molecule has 2 heteroatoms. The van der Waals surface area contributed by atoms with Crippen LogP contribution in [-0.4, -0.2) is 7.85 Å². The first-order valence-corrected chi connectivity index (χ1v) is 3.77. The quantitative estimate of drug-likeness (QED) is 0.577. The molecule has 56 valence electrons. The Hall–Kier alpha value is -0.785. The maximum Gasteiger partial charge on any atom is 0.123 e. The lowest BCUT2D eigenvalue weighted by molar-refractivity contribution is 0.627. The molecular formula is C9H10BF. The summed E-state index contributed by atoms with van der Waals surface area (Å²) < 4.78 is 12.4. The summed E-state index contributed by atoms with van der Waals surface area (Å²) in [4.78, 5) is 0. The Kier molecular flexibility index (Phi) is 3.15. The molecule has 0 aliphatic rings. The molecule has 0 aliphatic heterocycles. The van der Waals surface area contributed by atoms with Crippen LogP contribution in [0, 0.1) is 5.82 Å². The lowest BCUT2D eigenvalue weighted by atomic mass is 9.98. The zero-order valence-corrected chi connectivity index (χ0v) is 6.39. The summed E-state index contributed by atoms with van der Waals surface area (Å²) in [6.07, 6.45) is 2.60. The van der Waals surface area contributed by atoms with E-state index in [1.165, 1.54) is 12.1 Å². The number of benzene rings is 1. The van der Waals surface area contributed by atoms with Crippen LogP contribution in [0.1, 0.15) is 12.0 Å². The molecule has 1 rings (SSSR count). The molecule has 0 heterocycles. The second-order valence-corrected chi connectivity index (χ2v) is 2.52. The standard InChI is InChI=1S/C9H10BF/c10-7-1-2-8-3-5-9(11)6-4-8/h3-6H,1-2,7H2. The highest BCUT2D eigenvalue weighted by molar-refractivity contribution is 6.08. The highest BCUT2D eigenvalue weighted by Gasteiger charge is 1.91. The van der Waals surface area contributed by atoms with Crippen molar-refractivity contribution >= 4 is 7.85 Å². The summed E-state index contributed by atoms with van der Waals surface area (Å²) in [5.41, 5.74) is 1.15. The van der Waals surface area contributed by atoms with Crippen molar-refractivity contribution in [3.8, 4) is 0 Å². The van der Waals surface area contributed by atoms with Gasteiger partial charge in [-0.25, -0.2) is 4.39 Å². The minimum atomic E-state index is -0.179. The van der Waals surface area contributed by atoms with E-state index in [4.69, 9.17) is 7.85 Å². The van der Waals surface area contributed by atoms with Crippen molar-refractivity contribution in [1.29, 1.82) is 0 Å². The Balaban J connectivity index is 2.52. The van der Waals surface area contributed by atoms with Crippen LogP contribution in [0.15, 0.2) is 24.3 Å². The first-order valence-electron chi connectivity index (χ1n) is 3.77. The summed E-state index contributed by atoms with van der Waals surface area (Å²) in [5, 5.41) is 0. The predicted molar refractivity (Wildman–Crippen MR) is 45.3 cm³/mol. The third-order valence-corrected chi connectivity index (χ3v) is 1.58. The average Bonchev–Trinajstić information content (AvgIpc) is 2.04. The molecule has 0 aliphatic carbocycles. The van der Waals surface area contributed by atoms with E-state index < -0.39 is 0 Å². The summed E-state index contributed by atoms with van der Waals surface area (Å²) in [7, 11) is 5.33. The van der Waals surface area contributed by atoms with Gasteiger partial charge in [0.05, 0.1) is 7.85 Å². The average molecular weight is 148 g/mol. The van der Waals surface area contributed by atoms with Crippen molar-refractivity contribution in [2.45, 2.75) is 19.2 Å². The van der Waals surface area contributed by atoms with Gasteiger partial charge >= 0.3 is 0 Å². The van der Waals surface area contributed by atoms with Crippen molar-refractivity contribution in [1.82, 2.24) is 0 Å². The van der Waals surface area contributed by atoms with E-state index in [1.54, 1.807) is 12.1 Å². The largest absolute Gasteiger partial charge is 0.207 e. The maximum absolute atomic E-state index is 12.4. The Labute approximate surface area is 67.8 Å². The van der Waals surface area contributed by atoms with Gasteiger partial charge in [-0.3, -0.25) is 0 Å². The van der Waals surface area contributed by atoms with Crippen LogP contribution >= 0.6 is 0 Å². The lowest BCUT2D eigenvalue weighted by Gasteiger charge is -1.97. The van der Waals surface area contributed by atoms with E-state index in [2.05, 4.69) is 0 Å². The maximum atomic E-state index is 12.4. The minimum Gasteiger partial charge on any atom is -0.207 e. The predicted octanol–water partition coefficient (Wildman–Crippen LogP) is 2.35. The molecule has 11 heavy (non-hydrogen) atoms. The third kappa shape index (κ3) is 2.75. The smallest absolute Gasteiger partial charge is 0.123 e. The molecule has 0 fully saturated rings. The molecule has 1 aromatic carbocycles. The third-order valence-electron chi connectivity index (χ3n) is 1.58. The molecule has 1 aromatic rings. The van der Waals surface area contributed by atoms with Gasteiger partial charge in [0, 0.05) is 0 Å². The Bertz CT molecular complexity index is 205. The first-order chi connectivity index (χ1) is 5.33. The van der Waals surface area contributed by atoms with Gasteiger partial charge in [0.1, 0.15) is 5.82 Å². The molecule has 0 nitrogen and oxygen atoms in total. The second-order valence-electron chi connectivity index (χ2n) is 2.52. The van der Waals surface area contributed by atoms with Crippen LogP contribution in [0.2, 0.25) is 6.32 Å². The fraction of sp³-hybridized carbons (Fsp3) is 0.333. The topological polar surface area (TPSA) is 0 Å². The Morgan fingerprint density at radius 3 is 2.36 bits per heavy atom. The molecular weight excluding hydrogens is 138 g/mol. The van der Waals surface area contributed by atoms with E-state index in [0.717, 1.165) is 18.4 Å². The van der Waals surface area contributed by atoms with Gasteiger partial charge in [0.2, 0.25) is 0 Å². The Morgan fingerprint density at radius 1 is 1.18 bits per heavy atom. The van der Waals surface area contributed by atoms with E-state index in [0.29, 0.717) is 6.32 Å². The van der Waals surface area contributed by atoms with Gasteiger partial charge < -0.3 is 0 Å². The lowest BCUT2D eigenvalue weighted by Crippen LogP contribution is -1.84. The van der Waals surface area contributed by atoms with Crippen molar-refractivity contribution < 1.29 is 4.39 Å². The van der Waals surface area contributed by atoms with Gasteiger partial charge in [-0.15, -0.1) is 0 Å². The molecule has 0 N–H and O–H groups in total. The van der Waals surface area contributed by atoms with Crippen LogP contribution in [-0.2, 0) is 6.42 Å². The molecule has 0 amide bonds. The minimum absolute atomic E-state index is 0.179. The molecule has 0 unspecified atom stereocenters. The van der Waals surface area contributed by atoms with E-state index in [9.17, 15) is 4.39 Å². The monoisotopic (exact) mass is 148 g/mol. The summed E-state index contributed by atoms with van der Waals surface area (Å²) in [5.74, 6) is -0.179. The normalized spacial score (nSPS) is 9.91. The fourth-order valence-corrected chi connectivity index (χ4v) is 0.957. The van der Waals surface area contributed by atoms with E-state index in [1.807, 2.05) is 0 Å². The number of hydrogen-bond donors (Lipinski definition) is 0. The van der Waals surface area contributed by atoms with Crippen LogP contribution in [0.25, 0.3) is 0 Å². The first kappa shape index (κ1) is 8.31. The molecule has 0 spiro atoms. The zero-order chi connectivity index (χ0) is 8.10. The van der Waals surface area contributed by atoms with Crippen LogP contribution < -0.4 is 0 Å². The van der Waals surface area contributed by atoms with Gasteiger partial charge in [-0.05, 0) is 24.1 Å². The fourth-order valence-electron chi connectivity index (χ4n) is 0.957. The SMILES string of the molecule is [B]CCCc1ccc(F)cc1. The van der Waals surface area contributed by atoms with Crippen molar-refractivity contribution in [2.24, 2.45) is 0 Å². The van der Waals surface area contributed by atoms with Crippen LogP contribution in [0.3, 0.4) is 0 Å². The van der Waals surface area contributed by atoms with Gasteiger partial charge in [-0.1, -0.05) is 24.9 Å². The summed E-state index contributed by atoms with van der Waals surface area (Å²) in [6, 6.07) is 6.55. The van der Waals surface area contributed by atoms with Crippen molar-refractivity contribution in [3.63, 3.8) is 0 Å². The van der Waals surface area contributed by atoms with Crippen molar-refractivity contribution in [2.75, 3.05) is 0 Å². The zero-order valence-electron chi connectivity index (χ0n) is 6.39. The number of aryl methyl sites for hydroxylation is 1. The van der Waals surface area contributed by atoms with E-state index in [-0.39, 0.29) is 5.82 Å². The number of hydrogen-bond acceptors (Lipinski definition) is 0. The highest BCUT2D eigenvalue weighted by atomic mass is 19.1. The summed E-state index contributed by atoms with van der Waals surface area (Å²) in [6.45, 7) is 0. The van der Waals surface area contributed by atoms with Gasteiger partial charge in [0.15, 0.2) is 0 Å². The molecule has 0 aromatic heterocycles. The van der Waals surface area contributed by atoms with Crippen molar-refractivity contribution in [3.05, 3.63) is 35.6 Å². The molecule has 0 saturated carbocycles. The van der Waals surface area contributed by atoms with Gasteiger partial charge in [-0.2, -0.15) is 0 Å². The van der Waals surface area contributed by atoms with Crippen LogP contribution in [0.4, 0.5) is 4.39 Å².